The molecule has 5 nitrogen and oxygen atoms in total. The van der Waals surface area contributed by atoms with Gasteiger partial charge in [-0.15, -0.1) is 0 Å². The number of hydrogen-bond donors (Lipinski definition) is 0. The number of ether oxygens (including phenoxy) is 1. The number of unbranched alkanes of at least 4 members (excludes halogenated alkanes) is 1. The van der Waals surface area contributed by atoms with Crippen LogP contribution in [0.3, 0.4) is 0 Å². The summed E-state index contributed by atoms with van der Waals surface area (Å²) in [4.78, 5) is 25.7. The minimum atomic E-state index is -0.315. The second-order valence-corrected chi connectivity index (χ2v) is 7.53. The molecule has 0 saturated carbocycles. The monoisotopic (exact) mass is 404 g/mol. The molecule has 0 unspecified atom stereocenters. The largest absolute Gasteiger partial charge is 0.497 e. The zero-order valence-electron chi connectivity index (χ0n) is 17.6. The quantitative estimate of drug-likeness (QED) is 0.303. The predicted molar refractivity (Wildman–Crippen MR) is 117 cm³/mol. The molecule has 2 heterocycles. The van der Waals surface area contributed by atoms with Gasteiger partial charge in [-0.3, -0.25) is 4.79 Å². The van der Waals surface area contributed by atoms with Crippen LogP contribution >= 0.6 is 0 Å². The van der Waals surface area contributed by atoms with Gasteiger partial charge >= 0.3 is 5.63 Å². The lowest BCUT2D eigenvalue weighted by atomic mass is 9.99. The molecule has 0 radical (unpaired) electrons. The second kappa shape index (κ2) is 7.82. The molecule has 0 aliphatic rings. The number of furan rings is 1. The minimum Gasteiger partial charge on any atom is -0.497 e. The van der Waals surface area contributed by atoms with Crippen molar-refractivity contribution in [2.24, 2.45) is 0 Å². The molecule has 0 aliphatic carbocycles. The van der Waals surface area contributed by atoms with E-state index in [9.17, 15) is 9.59 Å². The third-order valence-corrected chi connectivity index (χ3v) is 5.68. The van der Waals surface area contributed by atoms with E-state index in [-0.39, 0.29) is 17.2 Å². The summed E-state index contributed by atoms with van der Waals surface area (Å²) in [5.41, 5.74) is 3.51. The Kier molecular flexibility index (Phi) is 5.20. The van der Waals surface area contributed by atoms with Gasteiger partial charge in [-0.2, -0.15) is 0 Å². The van der Waals surface area contributed by atoms with Gasteiger partial charge in [0.2, 0.25) is 5.78 Å². The average molecular weight is 404 g/mol. The Bertz CT molecular complexity index is 1310. The van der Waals surface area contributed by atoms with E-state index < -0.39 is 0 Å². The van der Waals surface area contributed by atoms with Gasteiger partial charge in [0.15, 0.2) is 5.76 Å². The molecule has 4 aromatic rings. The molecule has 0 saturated heterocycles. The van der Waals surface area contributed by atoms with Crippen LogP contribution in [-0.2, 0) is 6.42 Å². The molecule has 2 aromatic heterocycles. The highest BCUT2D eigenvalue weighted by atomic mass is 16.5. The van der Waals surface area contributed by atoms with Gasteiger partial charge in [0.1, 0.15) is 16.9 Å². The van der Waals surface area contributed by atoms with Crippen LogP contribution in [0.2, 0.25) is 0 Å². The summed E-state index contributed by atoms with van der Waals surface area (Å²) in [6, 6.07) is 10.6. The Morgan fingerprint density at radius 3 is 2.40 bits per heavy atom. The van der Waals surface area contributed by atoms with Crippen LogP contribution < -0.4 is 10.4 Å². The van der Waals surface area contributed by atoms with Crippen molar-refractivity contribution in [2.75, 3.05) is 7.11 Å². The van der Waals surface area contributed by atoms with Gasteiger partial charge in [-0.05, 0) is 68.7 Å². The van der Waals surface area contributed by atoms with Crippen LogP contribution in [0.5, 0.6) is 5.75 Å². The Hall–Kier alpha value is -3.34. The molecule has 154 valence electrons. The van der Waals surface area contributed by atoms with E-state index in [2.05, 4.69) is 6.92 Å². The molecule has 2 aromatic carbocycles. The molecule has 5 heteroatoms. The number of benzene rings is 2. The van der Waals surface area contributed by atoms with Crippen LogP contribution in [0.25, 0.3) is 21.9 Å². The van der Waals surface area contributed by atoms with E-state index in [1.807, 2.05) is 26.0 Å². The molecular weight excluding hydrogens is 380 g/mol. The molecule has 30 heavy (non-hydrogen) atoms. The molecule has 0 atom stereocenters. The van der Waals surface area contributed by atoms with Crippen molar-refractivity contribution in [1.82, 2.24) is 0 Å². The highest BCUT2D eigenvalue weighted by Gasteiger charge is 2.23. The normalized spacial score (nSPS) is 11.3. The lowest BCUT2D eigenvalue weighted by Gasteiger charge is -2.08. The number of carbonyl (C=O) groups is 1. The standard InChI is InChI=1S/C25H24O5/c1-5-6-7-19-14(2)18-12-13-20-21(24(18)30-25(19)27)15(3)23(29-20)22(26)16-8-10-17(28-4)11-9-16/h8-13H,5-7H2,1-4H3. The van der Waals surface area contributed by atoms with Gasteiger partial charge in [-0.25, -0.2) is 4.79 Å². The Morgan fingerprint density at radius 2 is 1.73 bits per heavy atom. The minimum absolute atomic E-state index is 0.224. The summed E-state index contributed by atoms with van der Waals surface area (Å²) in [6.45, 7) is 5.87. The maximum absolute atomic E-state index is 13.1. The van der Waals surface area contributed by atoms with E-state index >= 15 is 0 Å². The van der Waals surface area contributed by atoms with E-state index in [4.69, 9.17) is 13.6 Å². The first-order valence-corrected chi connectivity index (χ1v) is 10.1. The first-order chi connectivity index (χ1) is 14.5. The average Bonchev–Trinajstić information content (AvgIpc) is 3.10. The Balaban J connectivity index is 1.88. The van der Waals surface area contributed by atoms with Gasteiger partial charge in [0.05, 0.1) is 12.5 Å². The smallest absolute Gasteiger partial charge is 0.339 e. The van der Waals surface area contributed by atoms with Crippen molar-refractivity contribution >= 4 is 27.7 Å². The fourth-order valence-electron chi connectivity index (χ4n) is 3.91. The number of ketones is 1. The predicted octanol–water partition coefficient (Wildman–Crippen LogP) is 5.74. The fourth-order valence-corrected chi connectivity index (χ4v) is 3.91. The summed E-state index contributed by atoms with van der Waals surface area (Å²) < 4.78 is 16.8. The Morgan fingerprint density at radius 1 is 1.00 bits per heavy atom. The highest BCUT2D eigenvalue weighted by Crippen LogP contribution is 2.34. The topological polar surface area (TPSA) is 69.7 Å². The SMILES string of the molecule is CCCCc1c(C)c2ccc3oc(C(=O)c4ccc(OC)cc4)c(C)c3c2oc1=O. The lowest BCUT2D eigenvalue weighted by molar-refractivity contribution is 0.101. The van der Waals surface area contributed by atoms with E-state index in [0.29, 0.717) is 39.8 Å². The number of methoxy groups -OCH3 is 1. The molecular formula is C25H24O5. The van der Waals surface area contributed by atoms with Crippen LogP contribution in [0.1, 0.15) is 52.6 Å². The van der Waals surface area contributed by atoms with E-state index in [1.54, 1.807) is 31.4 Å². The van der Waals surface area contributed by atoms with Crippen molar-refractivity contribution < 1.29 is 18.4 Å². The van der Waals surface area contributed by atoms with Crippen molar-refractivity contribution in [3.63, 3.8) is 0 Å². The zero-order chi connectivity index (χ0) is 21.4. The van der Waals surface area contributed by atoms with Gasteiger partial charge in [0, 0.05) is 22.1 Å². The third-order valence-electron chi connectivity index (χ3n) is 5.68. The van der Waals surface area contributed by atoms with Crippen LogP contribution in [0.4, 0.5) is 0 Å². The summed E-state index contributed by atoms with van der Waals surface area (Å²) in [5, 5.41) is 1.55. The highest BCUT2D eigenvalue weighted by molar-refractivity contribution is 6.14. The summed E-state index contributed by atoms with van der Waals surface area (Å²) >= 11 is 0. The van der Waals surface area contributed by atoms with E-state index in [0.717, 1.165) is 29.4 Å². The first kappa shape index (κ1) is 20.0. The lowest BCUT2D eigenvalue weighted by Crippen LogP contribution is -2.10. The zero-order valence-corrected chi connectivity index (χ0v) is 17.6. The summed E-state index contributed by atoms with van der Waals surface area (Å²) in [7, 11) is 1.58. The molecule has 0 bridgehead atoms. The van der Waals surface area contributed by atoms with Crippen molar-refractivity contribution in [3.8, 4) is 5.75 Å². The number of carbonyl (C=O) groups excluding carboxylic acids is 1. The number of fused-ring (bicyclic) bond motifs is 3. The van der Waals surface area contributed by atoms with Crippen LogP contribution in [-0.4, -0.2) is 12.9 Å². The maximum Gasteiger partial charge on any atom is 0.339 e. The fraction of sp³-hybridized carbons (Fsp3) is 0.280. The van der Waals surface area contributed by atoms with Gasteiger partial charge in [-0.1, -0.05) is 13.3 Å². The van der Waals surface area contributed by atoms with Crippen LogP contribution in [0, 0.1) is 13.8 Å². The molecule has 0 N–H and O–H groups in total. The van der Waals surface area contributed by atoms with Gasteiger partial charge in [0.25, 0.3) is 0 Å². The summed E-state index contributed by atoms with van der Waals surface area (Å²) in [5.74, 6) is 0.700. The van der Waals surface area contributed by atoms with Crippen molar-refractivity contribution in [3.05, 3.63) is 74.8 Å². The number of rotatable bonds is 6. The Labute approximate surface area is 174 Å². The molecule has 0 amide bonds. The van der Waals surface area contributed by atoms with Crippen LogP contribution in [0.15, 0.2) is 50.0 Å². The summed E-state index contributed by atoms with van der Waals surface area (Å²) in [6.07, 6.45) is 2.64. The molecule has 0 aliphatic heterocycles. The van der Waals surface area contributed by atoms with Crippen molar-refractivity contribution in [1.29, 1.82) is 0 Å². The van der Waals surface area contributed by atoms with E-state index in [1.165, 1.54) is 0 Å². The number of aryl methyl sites for hydroxylation is 2. The second-order valence-electron chi connectivity index (χ2n) is 7.53. The number of hydrogen-bond acceptors (Lipinski definition) is 5. The third kappa shape index (κ3) is 3.20. The van der Waals surface area contributed by atoms with Crippen molar-refractivity contribution in [2.45, 2.75) is 40.0 Å². The molecule has 4 rings (SSSR count). The molecule has 0 fully saturated rings. The maximum atomic E-state index is 13.1. The first-order valence-electron chi connectivity index (χ1n) is 10.1. The van der Waals surface area contributed by atoms with Gasteiger partial charge < -0.3 is 13.6 Å². The molecule has 0 spiro atoms.